The van der Waals surface area contributed by atoms with Gasteiger partial charge >= 0.3 is 0 Å². The number of nitrogens with one attached hydrogen (secondary N) is 1. The fourth-order valence-corrected chi connectivity index (χ4v) is 2.02. The first-order valence-corrected chi connectivity index (χ1v) is 7.68. The Balaban J connectivity index is 2.79. The lowest BCUT2D eigenvalue weighted by molar-refractivity contribution is -0.121. The average Bonchev–Trinajstić information content (AvgIpc) is 2.37. The Bertz CT molecular complexity index is 446. The normalized spacial score (nSPS) is 12.8. The van der Waals surface area contributed by atoms with Gasteiger partial charge in [0.05, 0.1) is 4.99 Å². The summed E-state index contributed by atoms with van der Waals surface area (Å²) in [4.78, 5) is 12.5. The number of hydrogen-bond acceptors (Lipinski definition) is 3. The predicted molar refractivity (Wildman–Crippen MR) is 86.6 cm³/mol. The first kappa shape index (κ1) is 16.0. The summed E-state index contributed by atoms with van der Waals surface area (Å²) in [7, 11) is 0. The van der Waals surface area contributed by atoms with Gasteiger partial charge in [-0.15, -0.1) is 0 Å². The molecule has 0 saturated carbocycles. The minimum Gasteiger partial charge on any atom is -0.392 e. The highest BCUT2D eigenvalue weighted by molar-refractivity contribution is 7.99. The summed E-state index contributed by atoms with van der Waals surface area (Å²) in [5.74, 6) is -0.699. The van der Waals surface area contributed by atoms with Crippen molar-refractivity contribution < 1.29 is 4.79 Å². The Morgan fingerprint density at radius 1 is 1.42 bits per heavy atom. The Morgan fingerprint density at radius 2 is 2.00 bits per heavy atom. The highest BCUT2D eigenvalue weighted by atomic mass is 32.2. The van der Waals surface area contributed by atoms with E-state index in [1.54, 1.807) is 11.8 Å². The Labute approximate surface area is 124 Å². The van der Waals surface area contributed by atoms with Crippen molar-refractivity contribution >= 4 is 34.9 Å². The van der Waals surface area contributed by atoms with E-state index in [0.29, 0.717) is 6.54 Å². The van der Waals surface area contributed by atoms with E-state index in [1.807, 2.05) is 36.6 Å². The largest absolute Gasteiger partial charge is 0.392 e. The summed E-state index contributed by atoms with van der Waals surface area (Å²) < 4.78 is -0.00683. The van der Waals surface area contributed by atoms with Crippen LogP contribution in [0.15, 0.2) is 30.3 Å². The van der Waals surface area contributed by atoms with E-state index < -0.39 is 5.92 Å². The molecular formula is C14H20N2OS2. The van der Waals surface area contributed by atoms with Crippen LogP contribution in [0.3, 0.4) is 0 Å². The third kappa shape index (κ3) is 4.84. The van der Waals surface area contributed by atoms with Gasteiger partial charge in [-0.3, -0.25) is 4.79 Å². The fourth-order valence-electron chi connectivity index (χ4n) is 1.56. The van der Waals surface area contributed by atoms with Crippen LogP contribution in [-0.4, -0.2) is 28.4 Å². The predicted octanol–water partition coefficient (Wildman–Crippen LogP) is 2.31. The van der Waals surface area contributed by atoms with Gasteiger partial charge in [-0.25, -0.2) is 0 Å². The van der Waals surface area contributed by atoms with Crippen molar-refractivity contribution in [1.82, 2.24) is 5.32 Å². The first-order valence-electron chi connectivity index (χ1n) is 6.04. The van der Waals surface area contributed by atoms with Crippen LogP contribution in [0.5, 0.6) is 0 Å². The van der Waals surface area contributed by atoms with Gasteiger partial charge in [0.15, 0.2) is 0 Å². The van der Waals surface area contributed by atoms with Crippen molar-refractivity contribution in [2.45, 2.75) is 24.5 Å². The van der Waals surface area contributed by atoms with Gasteiger partial charge in [-0.1, -0.05) is 42.5 Å². The van der Waals surface area contributed by atoms with Gasteiger partial charge in [0.1, 0.15) is 5.92 Å². The van der Waals surface area contributed by atoms with Crippen molar-refractivity contribution in [3.05, 3.63) is 35.9 Å². The number of rotatable bonds is 6. The lowest BCUT2D eigenvalue weighted by atomic mass is 9.98. The van der Waals surface area contributed by atoms with Crippen LogP contribution in [0.2, 0.25) is 0 Å². The summed E-state index contributed by atoms with van der Waals surface area (Å²) in [6, 6.07) is 9.38. The van der Waals surface area contributed by atoms with Crippen LogP contribution in [0.25, 0.3) is 0 Å². The van der Waals surface area contributed by atoms with E-state index in [-0.39, 0.29) is 15.6 Å². The minimum absolute atomic E-state index is 0.00683. The second kappa shape index (κ2) is 6.91. The molecule has 19 heavy (non-hydrogen) atoms. The number of amides is 1. The molecule has 0 bridgehead atoms. The van der Waals surface area contributed by atoms with Crippen LogP contribution < -0.4 is 11.1 Å². The monoisotopic (exact) mass is 296 g/mol. The van der Waals surface area contributed by atoms with Crippen LogP contribution in [-0.2, 0) is 4.79 Å². The SMILES string of the molecule is CSC(C)(C)CNC(=O)C(C(N)=S)c1ccccc1. The summed E-state index contributed by atoms with van der Waals surface area (Å²) in [6.07, 6.45) is 2.02. The number of thiocarbonyl (C=S) groups is 1. The molecule has 0 aliphatic heterocycles. The van der Waals surface area contributed by atoms with Crippen molar-refractivity contribution in [3.8, 4) is 0 Å². The Hall–Kier alpha value is -1.07. The van der Waals surface area contributed by atoms with Gasteiger partial charge in [-0.2, -0.15) is 11.8 Å². The maximum absolute atomic E-state index is 12.3. The van der Waals surface area contributed by atoms with Gasteiger partial charge in [0, 0.05) is 11.3 Å². The summed E-state index contributed by atoms with van der Waals surface area (Å²) in [5.41, 5.74) is 6.54. The molecule has 0 radical (unpaired) electrons. The van der Waals surface area contributed by atoms with E-state index in [4.69, 9.17) is 18.0 Å². The zero-order valence-electron chi connectivity index (χ0n) is 11.5. The maximum atomic E-state index is 12.3. The molecule has 1 aromatic rings. The molecule has 0 aliphatic rings. The average molecular weight is 296 g/mol. The van der Waals surface area contributed by atoms with Gasteiger partial charge in [-0.05, 0) is 25.7 Å². The molecule has 1 amide bonds. The lowest BCUT2D eigenvalue weighted by Crippen LogP contribution is -2.41. The molecule has 0 fully saturated rings. The van der Waals surface area contributed by atoms with Crippen molar-refractivity contribution in [3.63, 3.8) is 0 Å². The number of nitrogens with two attached hydrogens (primary N) is 1. The first-order chi connectivity index (χ1) is 8.87. The fraction of sp³-hybridized carbons (Fsp3) is 0.429. The number of carbonyl (C=O) groups excluding carboxylic acids is 1. The molecule has 104 valence electrons. The van der Waals surface area contributed by atoms with Crippen LogP contribution in [0.4, 0.5) is 0 Å². The van der Waals surface area contributed by atoms with Crippen molar-refractivity contribution in [2.24, 2.45) is 5.73 Å². The van der Waals surface area contributed by atoms with E-state index >= 15 is 0 Å². The van der Waals surface area contributed by atoms with Gasteiger partial charge in [0.25, 0.3) is 0 Å². The topological polar surface area (TPSA) is 55.1 Å². The van der Waals surface area contributed by atoms with Gasteiger partial charge in [0.2, 0.25) is 5.91 Å². The minimum atomic E-state index is -0.561. The zero-order chi connectivity index (χ0) is 14.5. The smallest absolute Gasteiger partial charge is 0.234 e. The van der Waals surface area contributed by atoms with Crippen LogP contribution in [0, 0.1) is 0 Å². The summed E-state index contributed by atoms with van der Waals surface area (Å²) in [5, 5.41) is 2.93. The van der Waals surface area contributed by atoms with Crippen molar-refractivity contribution in [2.75, 3.05) is 12.8 Å². The molecule has 0 aliphatic carbocycles. The maximum Gasteiger partial charge on any atom is 0.234 e. The molecule has 0 heterocycles. The molecule has 5 heteroatoms. The Morgan fingerprint density at radius 3 is 2.47 bits per heavy atom. The highest BCUT2D eigenvalue weighted by Gasteiger charge is 2.25. The number of hydrogen-bond donors (Lipinski definition) is 2. The second-order valence-corrected chi connectivity index (χ2v) is 6.91. The molecule has 0 saturated heterocycles. The molecule has 1 atom stereocenters. The standard InChI is InChI=1S/C14H20N2OS2/c1-14(2,19-3)9-16-13(17)11(12(15)18)10-7-5-4-6-8-10/h4-8,11H,9H2,1-3H3,(H2,15,18)(H,16,17). The molecule has 0 spiro atoms. The molecule has 0 aromatic heterocycles. The van der Waals surface area contributed by atoms with E-state index in [1.165, 1.54) is 0 Å². The lowest BCUT2D eigenvalue weighted by Gasteiger charge is -2.24. The van der Waals surface area contributed by atoms with E-state index in [2.05, 4.69) is 19.2 Å². The zero-order valence-corrected chi connectivity index (χ0v) is 13.1. The van der Waals surface area contributed by atoms with E-state index in [0.717, 1.165) is 5.56 Å². The van der Waals surface area contributed by atoms with Crippen LogP contribution in [0.1, 0.15) is 25.3 Å². The van der Waals surface area contributed by atoms with Crippen LogP contribution >= 0.6 is 24.0 Å². The third-order valence-corrected chi connectivity index (χ3v) is 4.41. The molecule has 1 aromatic carbocycles. The third-order valence-electron chi connectivity index (χ3n) is 2.92. The highest BCUT2D eigenvalue weighted by Crippen LogP contribution is 2.21. The molecular weight excluding hydrogens is 276 g/mol. The second-order valence-electron chi connectivity index (χ2n) is 4.93. The van der Waals surface area contributed by atoms with E-state index in [9.17, 15) is 4.79 Å². The summed E-state index contributed by atoms with van der Waals surface area (Å²) in [6.45, 7) is 4.74. The quantitative estimate of drug-likeness (QED) is 0.791. The number of benzene rings is 1. The molecule has 1 rings (SSSR count). The number of thioether (sulfide) groups is 1. The molecule has 1 unspecified atom stereocenters. The Kier molecular flexibility index (Phi) is 5.82. The molecule has 3 N–H and O–H groups in total. The molecule has 3 nitrogen and oxygen atoms in total. The number of carbonyl (C=O) groups is 1. The van der Waals surface area contributed by atoms with Crippen molar-refractivity contribution in [1.29, 1.82) is 0 Å². The summed E-state index contributed by atoms with van der Waals surface area (Å²) >= 11 is 6.73. The van der Waals surface area contributed by atoms with Gasteiger partial charge < -0.3 is 11.1 Å².